The lowest BCUT2D eigenvalue weighted by molar-refractivity contribution is -0.150. The van der Waals surface area contributed by atoms with Crippen LogP contribution in [0.1, 0.15) is 27.2 Å². The van der Waals surface area contributed by atoms with Crippen LogP contribution in [0.25, 0.3) is 0 Å². The minimum atomic E-state index is -1.57. The molecular formula is C16H20O6. The van der Waals surface area contributed by atoms with E-state index in [0.717, 1.165) is 0 Å². The number of ether oxygens (including phenoxy) is 2. The number of esters is 1. The number of rotatable bonds is 2. The van der Waals surface area contributed by atoms with Crippen LogP contribution in [0, 0.1) is 5.92 Å². The van der Waals surface area contributed by atoms with E-state index in [0.29, 0.717) is 16.7 Å². The van der Waals surface area contributed by atoms with Crippen LogP contribution < -0.4 is 0 Å². The molecule has 0 unspecified atom stereocenters. The smallest absolute Gasteiger partial charge is 0.334 e. The van der Waals surface area contributed by atoms with Gasteiger partial charge in [-0.25, -0.2) is 4.79 Å². The molecule has 0 amide bonds. The Bertz CT molecular complexity index is 629. The molecule has 2 aliphatic carbocycles. The number of fused-ring (bicyclic) bond motifs is 2. The van der Waals surface area contributed by atoms with Gasteiger partial charge in [-0.15, -0.1) is 0 Å². The van der Waals surface area contributed by atoms with Gasteiger partial charge in [-0.05, 0) is 32.4 Å². The first-order valence-corrected chi connectivity index (χ1v) is 7.27. The molecule has 0 aromatic carbocycles. The van der Waals surface area contributed by atoms with Gasteiger partial charge in [-0.1, -0.05) is 0 Å². The Hall–Kier alpha value is -1.50. The summed E-state index contributed by atoms with van der Waals surface area (Å²) >= 11 is 0. The maximum Gasteiger partial charge on any atom is 0.334 e. The summed E-state index contributed by atoms with van der Waals surface area (Å²) in [5.74, 6) is -1.71. The van der Waals surface area contributed by atoms with Crippen LogP contribution in [0.3, 0.4) is 0 Å². The van der Waals surface area contributed by atoms with Crippen molar-refractivity contribution in [3.8, 4) is 0 Å². The Morgan fingerprint density at radius 1 is 1.45 bits per heavy atom. The molecule has 2 N–H and O–H groups in total. The number of Topliss-reactive ketones (excluding diaryl/α,β-unsaturated/α-hetero) is 1. The van der Waals surface area contributed by atoms with E-state index in [1.165, 1.54) is 14.0 Å². The second-order valence-corrected chi connectivity index (χ2v) is 6.55. The number of ketones is 1. The molecule has 0 radical (unpaired) electrons. The van der Waals surface area contributed by atoms with Crippen LogP contribution in [0.15, 0.2) is 22.8 Å². The van der Waals surface area contributed by atoms with E-state index in [-0.39, 0.29) is 12.2 Å². The first kappa shape index (κ1) is 15.4. The molecule has 5 atom stereocenters. The van der Waals surface area contributed by atoms with Crippen molar-refractivity contribution in [1.29, 1.82) is 0 Å². The lowest BCUT2D eigenvalue weighted by Crippen LogP contribution is -2.52. The molecule has 120 valence electrons. The van der Waals surface area contributed by atoms with Gasteiger partial charge in [0, 0.05) is 24.7 Å². The fourth-order valence-electron chi connectivity index (χ4n) is 4.07. The molecule has 0 aromatic rings. The molecule has 22 heavy (non-hydrogen) atoms. The number of aliphatic hydroxyl groups is 2. The van der Waals surface area contributed by atoms with Gasteiger partial charge in [0.2, 0.25) is 0 Å². The second-order valence-electron chi connectivity index (χ2n) is 6.55. The summed E-state index contributed by atoms with van der Waals surface area (Å²) in [4.78, 5) is 24.0. The number of hydrogen-bond donors (Lipinski definition) is 2. The van der Waals surface area contributed by atoms with Crippen molar-refractivity contribution in [3.05, 3.63) is 22.8 Å². The molecule has 0 saturated heterocycles. The highest BCUT2D eigenvalue weighted by Crippen LogP contribution is 2.54. The largest absolute Gasteiger partial charge is 0.453 e. The Labute approximate surface area is 128 Å². The summed E-state index contributed by atoms with van der Waals surface area (Å²) in [6.45, 7) is 4.53. The lowest BCUT2D eigenvalue weighted by Gasteiger charge is -2.41. The molecule has 6 heteroatoms. The fraction of sp³-hybridized carbons (Fsp3) is 0.625. The van der Waals surface area contributed by atoms with E-state index in [1.54, 1.807) is 19.9 Å². The zero-order valence-corrected chi connectivity index (χ0v) is 13.0. The predicted molar refractivity (Wildman–Crippen MR) is 75.8 cm³/mol. The van der Waals surface area contributed by atoms with E-state index < -0.39 is 35.3 Å². The number of methoxy groups -OCH3 is 1. The van der Waals surface area contributed by atoms with Crippen molar-refractivity contribution in [1.82, 2.24) is 0 Å². The predicted octanol–water partition coefficient (Wildman–Crippen LogP) is 0.274. The summed E-state index contributed by atoms with van der Waals surface area (Å²) < 4.78 is 10.6. The number of carbonyl (C=O) groups is 2. The third kappa shape index (κ3) is 1.71. The van der Waals surface area contributed by atoms with Crippen LogP contribution in [-0.2, 0) is 19.1 Å². The summed E-state index contributed by atoms with van der Waals surface area (Å²) in [5.41, 5.74) is -1.71. The van der Waals surface area contributed by atoms with E-state index in [1.807, 2.05) is 0 Å². The summed E-state index contributed by atoms with van der Waals surface area (Å²) in [7, 11) is 1.45. The second kappa shape index (κ2) is 4.50. The minimum absolute atomic E-state index is 0.0763. The number of hydrogen-bond acceptors (Lipinski definition) is 6. The standard InChI is InChI=1S/C16H20O6/c1-7-9-5-10-15(3,19)11(21-4)6-16(10,20)12(8(2)17)13(9)22-14(7)18/h5,11-13,19-20H,6H2,1-4H3/t11-,12+,13-,15+,16-/m0/s1. The maximum atomic E-state index is 12.2. The Balaban J connectivity index is 2.24. The third-order valence-electron chi connectivity index (χ3n) is 5.25. The first-order valence-electron chi connectivity index (χ1n) is 7.27. The van der Waals surface area contributed by atoms with Crippen LogP contribution in [0.5, 0.6) is 0 Å². The van der Waals surface area contributed by atoms with Crippen molar-refractivity contribution in [3.63, 3.8) is 0 Å². The molecule has 0 spiro atoms. The molecular weight excluding hydrogens is 288 g/mol. The van der Waals surface area contributed by atoms with E-state index >= 15 is 0 Å². The normalized spacial score (nSPS) is 43.6. The van der Waals surface area contributed by atoms with Gasteiger partial charge < -0.3 is 19.7 Å². The summed E-state index contributed by atoms with van der Waals surface area (Å²) in [6, 6.07) is 0. The van der Waals surface area contributed by atoms with Crippen LogP contribution in [0.2, 0.25) is 0 Å². The highest BCUT2D eigenvalue weighted by Gasteiger charge is 2.65. The average Bonchev–Trinajstić information content (AvgIpc) is 2.79. The SMILES string of the molecule is CO[C@H]1C[C@]2(O)C(=CC3=C(C)C(=O)O[C@@H]3[C@H]2C(C)=O)[C@@]1(C)O. The maximum absolute atomic E-state index is 12.2. The Kier molecular flexibility index (Phi) is 3.15. The molecule has 0 bridgehead atoms. The van der Waals surface area contributed by atoms with E-state index in [4.69, 9.17) is 9.47 Å². The van der Waals surface area contributed by atoms with Crippen LogP contribution >= 0.6 is 0 Å². The van der Waals surface area contributed by atoms with Gasteiger partial charge in [0.25, 0.3) is 0 Å². The summed E-state index contributed by atoms with van der Waals surface area (Å²) in [5, 5.41) is 21.9. The van der Waals surface area contributed by atoms with E-state index in [2.05, 4.69) is 0 Å². The zero-order valence-electron chi connectivity index (χ0n) is 13.0. The van der Waals surface area contributed by atoms with Crippen molar-refractivity contribution >= 4 is 11.8 Å². The van der Waals surface area contributed by atoms with Crippen molar-refractivity contribution in [2.45, 2.75) is 50.6 Å². The molecule has 1 fully saturated rings. The Morgan fingerprint density at radius 3 is 2.64 bits per heavy atom. The molecule has 6 nitrogen and oxygen atoms in total. The van der Waals surface area contributed by atoms with Gasteiger partial charge in [-0.3, -0.25) is 4.79 Å². The molecule has 1 aliphatic heterocycles. The van der Waals surface area contributed by atoms with Gasteiger partial charge in [-0.2, -0.15) is 0 Å². The monoisotopic (exact) mass is 308 g/mol. The zero-order chi connectivity index (χ0) is 16.4. The van der Waals surface area contributed by atoms with Crippen LogP contribution in [0.4, 0.5) is 0 Å². The molecule has 3 rings (SSSR count). The molecule has 1 heterocycles. The lowest BCUT2D eigenvalue weighted by atomic mass is 9.69. The molecule has 0 aromatic heterocycles. The summed E-state index contributed by atoms with van der Waals surface area (Å²) in [6.07, 6.45) is 0.238. The van der Waals surface area contributed by atoms with Crippen molar-refractivity contribution < 1.29 is 29.3 Å². The van der Waals surface area contributed by atoms with Crippen molar-refractivity contribution in [2.24, 2.45) is 5.92 Å². The van der Waals surface area contributed by atoms with Gasteiger partial charge in [0.15, 0.2) is 0 Å². The Morgan fingerprint density at radius 2 is 2.09 bits per heavy atom. The molecule has 1 saturated carbocycles. The van der Waals surface area contributed by atoms with Gasteiger partial charge in [0.1, 0.15) is 23.1 Å². The number of carbonyl (C=O) groups excluding carboxylic acids is 2. The average molecular weight is 308 g/mol. The quantitative estimate of drug-likeness (QED) is 0.712. The first-order chi connectivity index (χ1) is 10.1. The van der Waals surface area contributed by atoms with Gasteiger partial charge in [0.05, 0.1) is 12.0 Å². The fourth-order valence-corrected chi connectivity index (χ4v) is 4.07. The van der Waals surface area contributed by atoms with Gasteiger partial charge >= 0.3 is 5.97 Å². The highest BCUT2D eigenvalue weighted by molar-refractivity contribution is 5.95. The minimum Gasteiger partial charge on any atom is -0.453 e. The third-order valence-corrected chi connectivity index (χ3v) is 5.25. The molecule has 3 aliphatic rings. The van der Waals surface area contributed by atoms with E-state index in [9.17, 15) is 19.8 Å². The highest BCUT2D eigenvalue weighted by atomic mass is 16.6. The van der Waals surface area contributed by atoms with Crippen molar-refractivity contribution in [2.75, 3.05) is 7.11 Å². The van der Waals surface area contributed by atoms with Crippen LogP contribution in [-0.4, -0.2) is 52.5 Å². The topological polar surface area (TPSA) is 93.1 Å².